The van der Waals surface area contributed by atoms with E-state index in [-0.39, 0.29) is 5.92 Å². The lowest BCUT2D eigenvalue weighted by Crippen LogP contribution is -2.56. The van der Waals surface area contributed by atoms with E-state index in [0.717, 1.165) is 29.5 Å². The van der Waals surface area contributed by atoms with Crippen molar-refractivity contribution in [3.63, 3.8) is 0 Å². The summed E-state index contributed by atoms with van der Waals surface area (Å²) >= 11 is 0. The third kappa shape index (κ3) is 6.07. The highest BCUT2D eigenvalue weighted by Gasteiger charge is 2.30. The molecule has 31 heavy (non-hydrogen) atoms. The van der Waals surface area contributed by atoms with Crippen LogP contribution in [0, 0.1) is 11.8 Å². The largest absolute Gasteiger partial charge is 0.391 e. The van der Waals surface area contributed by atoms with Crippen LogP contribution in [0.3, 0.4) is 0 Å². The number of urea groups is 1. The molecular formula is C24H27N3O4. The number of benzene rings is 2. The van der Waals surface area contributed by atoms with Crippen LogP contribution in [0.1, 0.15) is 42.4 Å². The number of carbonyl (C=O) groups excluding carboxylic acids is 2. The molecule has 1 saturated heterocycles. The number of rotatable bonds is 4. The lowest BCUT2D eigenvalue weighted by molar-refractivity contribution is -0.133. The van der Waals surface area contributed by atoms with Crippen LogP contribution in [0.15, 0.2) is 54.6 Å². The van der Waals surface area contributed by atoms with Crippen LogP contribution < -0.4 is 10.8 Å². The maximum absolute atomic E-state index is 12.6. The number of amides is 3. The second-order valence-electron chi connectivity index (χ2n) is 7.67. The normalized spacial score (nSPS) is 17.6. The molecule has 0 radical (unpaired) electrons. The van der Waals surface area contributed by atoms with E-state index in [4.69, 9.17) is 5.21 Å². The van der Waals surface area contributed by atoms with E-state index in [2.05, 4.69) is 17.2 Å². The molecule has 7 heteroatoms. The minimum Gasteiger partial charge on any atom is -0.391 e. The number of nitrogens with zero attached hydrogens (tertiary/aromatic N) is 1. The molecular weight excluding hydrogens is 394 g/mol. The molecule has 1 aliphatic heterocycles. The molecule has 2 aromatic carbocycles. The van der Waals surface area contributed by atoms with Crippen LogP contribution in [0.4, 0.5) is 4.79 Å². The van der Waals surface area contributed by atoms with Crippen LogP contribution in [0.2, 0.25) is 0 Å². The quantitative estimate of drug-likeness (QED) is 0.345. The fourth-order valence-electron chi connectivity index (χ4n) is 3.64. The smallest absolute Gasteiger partial charge is 0.318 e. The highest BCUT2D eigenvalue weighted by Crippen LogP contribution is 2.27. The van der Waals surface area contributed by atoms with Gasteiger partial charge in [0.05, 0.1) is 6.10 Å². The number of carbonyl (C=O) groups is 2. The van der Waals surface area contributed by atoms with Crippen LogP contribution >= 0.6 is 0 Å². The molecule has 1 heterocycles. The third-order valence-corrected chi connectivity index (χ3v) is 5.37. The van der Waals surface area contributed by atoms with Crippen LogP contribution in [0.5, 0.6) is 0 Å². The van der Waals surface area contributed by atoms with Crippen molar-refractivity contribution in [3.05, 3.63) is 71.3 Å². The molecule has 1 fully saturated rings. The first kappa shape index (κ1) is 22.3. The van der Waals surface area contributed by atoms with Crippen molar-refractivity contribution in [1.29, 1.82) is 0 Å². The van der Waals surface area contributed by atoms with Gasteiger partial charge < -0.3 is 15.3 Å². The Morgan fingerprint density at radius 1 is 1.06 bits per heavy atom. The number of hydroxylamine groups is 1. The average Bonchev–Trinajstić information content (AvgIpc) is 2.81. The summed E-state index contributed by atoms with van der Waals surface area (Å²) in [5, 5.41) is 21.0. The Morgan fingerprint density at radius 2 is 1.71 bits per heavy atom. The van der Waals surface area contributed by atoms with Gasteiger partial charge in [0, 0.05) is 30.1 Å². The topological polar surface area (TPSA) is 102 Å². The van der Waals surface area contributed by atoms with Gasteiger partial charge in [-0.25, -0.2) is 10.3 Å². The van der Waals surface area contributed by atoms with E-state index in [0.29, 0.717) is 13.1 Å². The standard InChI is InChI=1S/C24H27N3O4/c1-17(28)22(23(29)26-31)25-24(30)27-15-5-8-21(16-27)20-13-11-19(12-14-20)10-9-18-6-3-2-4-7-18/h2-4,6-7,11-14,17,21-22,28,31H,5,8,15-16H2,1H3,(H,25,30)(H,26,29)/t17-,21?,22-/m1/s1. The molecule has 0 spiro atoms. The van der Waals surface area contributed by atoms with E-state index >= 15 is 0 Å². The first-order chi connectivity index (χ1) is 15.0. The molecule has 0 aromatic heterocycles. The van der Waals surface area contributed by atoms with E-state index < -0.39 is 24.1 Å². The Hall–Kier alpha value is -3.34. The van der Waals surface area contributed by atoms with Gasteiger partial charge in [-0.15, -0.1) is 0 Å². The van der Waals surface area contributed by atoms with Gasteiger partial charge in [-0.05, 0) is 49.6 Å². The Labute approximate surface area is 182 Å². The second kappa shape index (κ2) is 10.6. The number of hydrogen-bond acceptors (Lipinski definition) is 4. The monoisotopic (exact) mass is 421 g/mol. The Bertz CT molecular complexity index is 948. The molecule has 3 atom stereocenters. The van der Waals surface area contributed by atoms with Gasteiger partial charge in [-0.3, -0.25) is 10.0 Å². The maximum Gasteiger partial charge on any atom is 0.318 e. The minimum absolute atomic E-state index is 0.173. The lowest BCUT2D eigenvalue weighted by atomic mass is 9.90. The van der Waals surface area contributed by atoms with Crippen molar-refractivity contribution in [2.75, 3.05) is 13.1 Å². The average molecular weight is 421 g/mol. The van der Waals surface area contributed by atoms with Crippen molar-refractivity contribution in [2.24, 2.45) is 0 Å². The number of hydrogen-bond donors (Lipinski definition) is 4. The molecule has 3 amide bonds. The van der Waals surface area contributed by atoms with E-state index in [9.17, 15) is 14.7 Å². The summed E-state index contributed by atoms with van der Waals surface area (Å²) in [7, 11) is 0. The van der Waals surface area contributed by atoms with Gasteiger partial charge in [0.15, 0.2) is 0 Å². The van der Waals surface area contributed by atoms with Crippen LogP contribution in [-0.4, -0.2) is 52.4 Å². The third-order valence-electron chi connectivity index (χ3n) is 5.37. The first-order valence-electron chi connectivity index (χ1n) is 10.3. The fraction of sp³-hybridized carbons (Fsp3) is 0.333. The van der Waals surface area contributed by atoms with Crippen LogP contribution in [-0.2, 0) is 4.79 Å². The highest BCUT2D eigenvalue weighted by molar-refractivity contribution is 5.86. The summed E-state index contributed by atoms with van der Waals surface area (Å²) in [6.45, 7) is 2.45. The number of aliphatic hydroxyl groups is 1. The van der Waals surface area contributed by atoms with Gasteiger partial charge in [0.1, 0.15) is 6.04 Å². The van der Waals surface area contributed by atoms with Crippen molar-refractivity contribution in [2.45, 2.75) is 37.8 Å². The zero-order valence-corrected chi connectivity index (χ0v) is 17.4. The van der Waals surface area contributed by atoms with Crippen LogP contribution in [0.25, 0.3) is 0 Å². The number of likely N-dealkylation sites (tertiary alicyclic amines) is 1. The Kier molecular flexibility index (Phi) is 7.65. The number of piperidine rings is 1. The fourth-order valence-corrected chi connectivity index (χ4v) is 3.64. The van der Waals surface area contributed by atoms with Crippen molar-refractivity contribution < 1.29 is 19.9 Å². The lowest BCUT2D eigenvalue weighted by Gasteiger charge is -2.34. The SMILES string of the molecule is C[C@@H](O)[C@@H](NC(=O)N1CCCC(c2ccc(C#Cc3ccccc3)cc2)C1)C(=O)NO. The van der Waals surface area contributed by atoms with Gasteiger partial charge >= 0.3 is 6.03 Å². The predicted molar refractivity (Wildman–Crippen MR) is 116 cm³/mol. The van der Waals surface area contributed by atoms with Gasteiger partial charge in [0.25, 0.3) is 5.91 Å². The number of aliphatic hydroxyl groups excluding tert-OH is 1. The molecule has 1 unspecified atom stereocenters. The molecule has 4 N–H and O–H groups in total. The van der Waals surface area contributed by atoms with Crippen molar-refractivity contribution in [1.82, 2.24) is 15.7 Å². The zero-order chi connectivity index (χ0) is 22.2. The molecule has 7 nitrogen and oxygen atoms in total. The molecule has 162 valence electrons. The summed E-state index contributed by atoms with van der Waals surface area (Å²) in [5.74, 6) is 5.62. The summed E-state index contributed by atoms with van der Waals surface area (Å²) in [5.41, 5.74) is 4.49. The van der Waals surface area contributed by atoms with Crippen molar-refractivity contribution >= 4 is 11.9 Å². The molecule has 0 aliphatic carbocycles. The first-order valence-corrected chi connectivity index (χ1v) is 10.3. The summed E-state index contributed by atoms with van der Waals surface area (Å²) < 4.78 is 0. The minimum atomic E-state index is -1.22. The summed E-state index contributed by atoms with van der Waals surface area (Å²) in [6, 6.07) is 16.2. The number of nitrogens with one attached hydrogen (secondary N) is 2. The molecule has 0 bridgehead atoms. The van der Waals surface area contributed by atoms with Gasteiger partial charge in [0.2, 0.25) is 0 Å². The second-order valence-corrected chi connectivity index (χ2v) is 7.67. The molecule has 0 saturated carbocycles. The molecule has 1 aliphatic rings. The van der Waals surface area contributed by atoms with Crippen molar-refractivity contribution in [3.8, 4) is 11.8 Å². The van der Waals surface area contributed by atoms with Gasteiger partial charge in [-0.1, -0.05) is 42.2 Å². The predicted octanol–water partition coefficient (Wildman–Crippen LogP) is 2.23. The summed E-state index contributed by atoms with van der Waals surface area (Å²) in [4.78, 5) is 25.9. The van der Waals surface area contributed by atoms with E-state index in [1.807, 2.05) is 54.6 Å². The summed E-state index contributed by atoms with van der Waals surface area (Å²) in [6.07, 6.45) is 0.649. The maximum atomic E-state index is 12.6. The Morgan fingerprint density at radius 3 is 2.32 bits per heavy atom. The molecule has 2 aromatic rings. The Balaban J connectivity index is 1.63. The molecule has 3 rings (SSSR count). The van der Waals surface area contributed by atoms with E-state index in [1.54, 1.807) is 4.90 Å². The zero-order valence-electron chi connectivity index (χ0n) is 17.4. The highest BCUT2D eigenvalue weighted by atomic mass is 16.5. The van der Waals surface area contributed by atoms with Gasteiger partial charge in [-0.2, -0.15) is 0 Å². The van der Waals surface area contributed by atoms with E-state index in [1.165, 1.54) is 12.4 Å².